The van der Waals surface area contributed by atoms with Crippen molar-refractivity contribution in [2.45, 2.75) is 19.4 Å². The highest BCUT2D eigenvalue weighted by Gasteiger charge is 2.36. The highest BCUT2D eigenvalue weighted by molar-refractivity contribution is 6.60. The van der Waals surface area contributed by atoms with Crippen molar-refractivity contribution >= 4 is 8.80 Å². The molecule has 0 bridgehead atoms. The van der Waals surface area contributed by atoms with Crippen LogP contribution in [0.4, 0.5) is 0 Å². The third-order valence-corrected chi connectivity index (χ3v) is 5.02. The predicted molar refractivity (Wildman–Crippen MR) is 72.9 cm³/mol. The largest absolute Gasteiger partial charge is 0.500 e. The summed E-state index contributed by atoms with van der Waals surface area (Å²) in [5, 5.41) is 3.25. The minimum Gasteiger partial charge on any atom is -0.377 e. The molecule has 7 heteroatoms. The van der Waals surface area contributed by atoms with Crippen LogP contribution in [0.1, 0.15) is 13.3 Å². The van der Waals surface area contributed by atoms with Gasteiger partial charge in [0.15, 0.2) is 0 Å². The Hall–Kier alpha value is -0.0231. The Labute approximate surface area is 106 Å². The molecule has 0 atom stereocenters. The van der Waals surface area contributed by atoms with Crippen molar-refractivity contribution in [2.24, 2.45) is 11.5 Å². The molecule has 0 aromatic rings. The SMILES string of the molecule is CCNCCC[Si](OC)(OC)OC.NCCN. The minimum atomic E-state index is -2.31. The van der Waals surface area contributed by atoms with E-state index < -0.39 is 8.80 Å². The molecule has 0 aliphatic carbocycles. The highest BCUT2D eigenvalue weighted by Crippen LogP contribution is 2.13. The summed E-state index contributed by atoms with van der Waals surface area (Å²) >= 11 is 0. The molecule has 0 aliphatic heterocycles. The quantitative estimate of drug-likeness (QED) is 0.395. The van der Waals surface area contributed by atoms with Crippen molar-refractivity contribution < 1.29 is 13.3 Å². The van der Waals surface area contributed by atoms with Gasteiger partial charge < -0.3 is 30.1 Å². The van der Waals surface area contributed by atoms with Gasteiger partial charge in [-0.1, -0.05) is 6.92 Å². The molecule has 106 valence electrons. The first-order valence-corrected chi connectivity index (χ1v) is 7.85. The van der Waals surface area contributed by atoms with Crippen molar-refractivity contribution in [1.29, 1.82) is 0 Å². The zero-order chi connectivity index (χ0) is 13.6. The van der Waals surface area contributed by atoms with E-state index in [0.29, 0.717) is 13.1 Å². The van der Waals surface area contributed by atoms with E-state index in [9.17, 15) is 0 Å². The number of nitrogens with one attached hydrogen (secondary N) is 1. The van der Waals surface area contributed by atoms with Gasteiger partial charge in [-0.2, -0.15) is 0 Å². The predicted octanol–water partition coefficient (Wildman–Crippen LogP) is -0.232. The first-order chi connectivity index (χ1) is 8.16. The van der Waals surface area contributed by atoms with Crippen LogP contribution >= 0.6 is 0 Å². The molecule has 6 nitrogen and oxygen atoms in total. The van der Waals surface area contributed by atoms with Crippen LogP contribution in [0.3, 0.4) is 0 Å². The van der Waals surface area contributed by atoms with Crippen molar-refractivity contribution in [2.75, 3.05) is 47.5 Å². The Morgan fingerprint density at radius 2 is 1.47 bits per heavy atom. The molecular weight excluding hydrogens is 238 g/mol. The standard InChI is InChI=1S/C8H21NO3Si.C2H8N2/c1-5-9-7-6-8-13(10-2,11-3)12-4;3-1-2-4/h9H,5-8H2,1-4H3;1-4H2. The van der Waals surface area contributed by atoms with E-state index in [4.69, 9.17) is 24.7 Å². The fraction of sp³-hybridized carbons (Fsp3) is 1.00. The monoisotopic (exact) mass is 267 g/mol. The van der Waals surface area contributed by atoms with Crippen LogP contribution < -0.4 is 16.8 Å². The molecule has 0 rings (SSSR count). The van der Waals surface area contributed by atoms with Gasteiger partial charge in [-0.25, -0.2) is 0 Å². The fourth-order valence-corrected chi connectivity index (χ4v) is 2.89. The van der Waals surface area contributed by atoms with Crippen molar-refractivity contribution in [3.8, 4) is 0 Å². The third-order valence-electron chi connectivity index (χ3n) is 2.19. The average Bonchev–Trinajstić information content (AvgIpc) is 2.40. The van der Waals surface area contributed by atoms with Crippen LogP contribution in [0.15, 0.2) is 0 Å². The molecule has 0 spiro atoms. The lowest BCUT2D eigenvalue weighted by Gasteiger charge is -2.24. The topological polar surface area (TPSA) is 91.8 Å². The van der Waals surface area contributed by atoms with Gasteiger partial charge in [0.05, 0.1) is 0 Å². The molecule has 17 heavy (non-hydrogen) atoms. The van der Waals surface area contributed by atoms with Crippen LogP contribution in [0.5, 0.6) is 0 Å². The second-order valence-electron chi connectivity index (χ2n) is 3.33. The number of rotatable bonds is 9. The Morgan fingerprint density at radius 3 is 1.76 bits per heavy atom. The first-order valence-electron chi connectivity index (χ1n) is 5.92. The minimum absolute atomic E-state index is 0.597. The van der Waals surface area contributed by atoms with Gasteiger partial charge in [-0.15, -0.1) is 0 Å². The Kier molecular flexibility index (Phi) is 16.0. The third kappa shape index (κ3) is 10.8. The van der Waals surface area contributed by atoms with E-state index >= 15 is 0 Å². The molecular formula is C10H29N3O3Si. The smallest absolute Gasteiger partial charge is 0.377 e. The lowest BCUT2D eigenvalue weighted by Crippen LogP contribution is -2.43. The van der Waals surface area contributed by atoms with Crippen LogP contribution in [0.25, 0.3) is 0 Å². The Bertz CT molecular complexity index is 138. The van der Waals surface area contributed by atoms with Gasteiger partial charge in [0.1, 0.15) is 0 Å². The molecule has 0 saturated carbocycles. The van der Waals surface area contributed by atoms with Gasteiger partial charge in [-0.3, -0.25) is 0 Å². The van der Waals surface area contributed by atoms with Gasteiger partial charge in [-0.05, 0) is 19.5 Å². The van der Waals surface area contributed by atoms with E-state index in [1.165, 1.54) is 0 Å². The van der Waals surface area contributed by atoms with Gasteiger partial charge in [0.25, 0.3) is 0 Å². The fourth-order valence-electron chi connectivity index (χ4n) is 1.16. The van der Waals surface area contributed by atoms with Gasteiger partial charge in [0.2, 0.25) is 0 Å². The lowest BCUT2D eigenvalue weighted by atomic mass is 10.5. The van der Waals surface area contributed by atoms with E-state index in [1.807, 2.05) is 0 Å². The van der Waals surface area contributed by atoms with Crippen LogP contribution in [-0.4, -0.2) is 56.3 Å². The highest BCUT2D eigenvalue weighted by atomic mass is 28.4. The van der Waals surface area contributed by atoms with Crippen LogP contribution in [-0.2, 0) is 13.3 Å². The van der Waals surface area contributed by atoms with E-state index in [-0.39, 0.29) is 0 Å². The molecule has 0 fully saturated rings. The summed E-state index contributed by atoms with van der Waals surface area (Å²) < 4.78 is 15.8. The zero-order valence-corrected chi connectivity index (χ0v) is 12.6. The maximum Gasteiger partial charge on any atom is 0.500 e. The zero-order valence-electron chi connectivity index (χ0n) is 11.6. The molecule has 0 aromatic heterocycles. The van der Waals surface area contributed by atoms with Crippen LogP contribution in [0.2, 0.25) is 6.04 Å². The van der Waals surface area contributed by atoms with E-state index in [0.717, 1.165) is 25.6 Å². The maximum absolute atomic E-state index is 5.28. The summed E-state index contributed by atoms with van der Waals surface area (Å²) in [5.74, 6) is 0. The second kappa shape index (κ2) is 14.0. The molecule has 0 amide bonds. The molecule has 0 aromatic carbocycles. The second-order valence-corrected chi connectivity index (χ2v) is 6.42. The summed E-state index contributed by atoms with van der Waals surface area (Å²) in [5.41, 5.74) is 9.81. The number of hydrogen-bond donors (Lipinski definition) is 3. The summed E-state index contributed by atoms with van der Waals surface area (Å²) in [7, 11) is 2.63. The van der Waals surface area contributed by atoms with E-state index in [1.54, 1.807) is 21.3 Å². The maximum atomic E-state index is 5.28. The number of hydrogen-bond acceptors (Lipinski definition) is 6. The molecule has 0 radical (unpaired) electrons. The molecule has 0 heterocycles. The van der Waals surface area contributed by atoms with Crippen molar-refractivity contribution in [3.63, 3.8) is 0 Å². The Balaban J connectivity index is 0. The van der Waals surface area contributed by atoms with Gasteiger partial charge in [0, 0.05) is 40.5 Å². The molecule has 0 unspecified atom stereocenters. The van der Waals surface area contributed by atoms with Crippen molar-refractivity contribution in [1.82, 2.24) is 5.32 Å². The average molecular weight is 267 g/mol. The molecule has 0 saturated heterocycles. The normalized spacial score (nSPS) is 10.9. The lowest BCUT2D eigenvalue weighted by molar-refractivity contribution is 0.123. The molecule has 5 N–H and O–H groups in total. The summed E-state index contributed by atoms with van der Waals surface area (Å²) in [6, 6.07) is 0.865. The summed E-state index contributed by atoms with van der Waals surface area (Å²) in [4.78, 5) is 0. The number of nitrogens with two attached hydrogens (primary N) is 2. The van der Waals surface area contributed by atoms with Gasteiger partial charge >= 0.3 is 8.80 Å². The van der Waals surface area contributed by atoms with Crippen LogP contribution in [0, 0.1) is 0 Å². The van der Waals surface area contributed by atoms with E-state index in [2.05, 4.69) is 12.2 Å². The first kappa shape index (κ1) is 19.3. The molecule has 0 aliphatic rings. The summed E-state index contributed by atoms with van der Waals surface area (Å²) in [6.45, 7) is 5.27. The summed E-state index contributed by atoms with van der Waals surface area (Å²) in [6.07, 6.45) is 1.02. The Morgan fingerprint density at radius 1 is 1.00 bits per heavy atom. The van der Waals surface area contributed by atoms with Crippen molar-refractivity contribution in [3.05, 3.63) is 0 Å².